The van der Waals surface area contributed by atoms with E-state index in [1.807, 2.05) is 26.0 Å². The summed E-state index contributed by atoms with van der Waals surface area (Å²) in [6.45, 7) is 6.62. The second-order valence-corrected chi connectivity index (χ2v) is 10.9. The molecule has 0 unspecified atom stereocenters. The standard InChI is InChI=1S/C30H27ClN4O6S/c1-5-33(6-2)29(37)26-17(3)32-30-34(27(26)18-7-9-19(31)10-8-18)28(36)25(42-30)16-21-12-14-24(41-21)22-15-20(35(38)39)11-13-23(22)40-4/h7-16,27H,5-6H2,1-4H3/b25-16+/t27-/m1/s1. The van der Waals surface area contributed by atoms with Gasteiger partial charge in [-0.3, -0.25) is 24.3 Å². The van der Waals surface area contributed by atoms with Gasteiger partial charge in [0.1, 0.15) is 17.3 Å². The van der Waals surface area contributed by atoms with Crippen molar-refractivity contribution in [1.82, 2.24) is 9.47 Å². The lowest BCUT2D eigenvalue weighted by atomic mass is 9.94. The molecule has 1 amide bonds. The molecule has 42 heavy (non-hydrogen) atoms. The van der Waals surface area contributed by atoms with Crippen LogP contribution in [0.1, 0.15) is 38.1 Å². The maximum atomic E-state index is 13.9. The molecule has 2 aromatic carbocycles. The Morgan fingerprint density at radius 1 is 1.19 bits per heavy atom. The van der Waals surface area contributed by atoms with Gasteiger partial charge in [0, 0.05) is 36.3 Å². The first kappa shape index (κ1) is 29.0. The monoisotopic (exact) mass is 606 g/mol. The number of furan rings is 1. The summed E-state index contributed by atoms with van der Waals surface area (Å²) in [6, 6.07) is 13.9. The highest BCUT2D eigenvalue weighted by Crippen LogP contribution is 2.35. The quantitative estimate of drug-likeness (QED) is 0.207. The Kier molecular flexibility index (Phi) is 8.15. The molecule has 3 heterocycles. The first-order chi connectivity index (χ1) is 20.2. The summed E-state index contributed by atoms with van der Waals surface area (Å²) in [6.07, 6.45) is 1.60. The number of likely N-dealkylation sites (N-methyl/N-ethyl adjacent to an activating group) is 1. The second-order valence-electron chi connectivity index (χ2n) is 9.45. The number of benzene rings is 2. The van der Waals surface area contributed by atoms with Gasteiger partial charge < -0.3 is 14.1 Å². The zero-order valence-electron chi connectivity index (χ0n) is 23.3. The molecule has 0 N–H and O–H groups in total. The van der Waals surface area contributed by atoms with Gasteiger partial charge in [0.05, 0.1) is 39.4 Å². The van der Waals surface area contributed by atoms with Crippen molar-refractivity contribution in [2.24, 2.45) is 4.99 Å². The van der Waals surface area contributed by atoms with Crippen molar-refractivity contribution in [3.63, 3.8) is 0 Å². The van der Waals surface area contributed by atoms with Gasteiger partial charge in [-0.2, -0.15) is 0 Å². The van der Waals surface area contributed by atoms with Crippen molar-refractivity contribution in [2.45, 2.75) is 26.8 Å². The molecule has 1 aliphatic heterocycles. The summed E-state index contributed by atoms with van der Waals surface area (Å²) < 4.78 is 13.2. The Balaban J connectivity index is 1.64. The second kappa shape index (κ2) is 11.8. The molecule has 5 rings (SSSR count). The number of fused-ring (bicyclic) bond motifs is 1. The molecule has 0 aliphatic carbocycles. The molecular weight excluding hydrogens is 580 g/mol. The minimum Gasteiger partial charge on any atom is -0.496 e. The fraction of sp³-hybridized carbons (Fsp3) is 0.233. The SMILES string of the molecule is CCN(CC)C(=O)C1=C(C)N=c2s/c(=C/c3ccc(-c4cc([N+](=O)[O-])ccc4OC)o3)c(=O)n2[C@@H]1c1ccc(Cl)cc1. The number of carbonyl (C=O) groups excluding carboxylic acids is 1. The third-order valence-corrected chi connectivity index (χ3v) is 8.28. The number of nitro benzene ring substituents is 1. The van der Waals surface area contributed by atoms with E-state index in [0.29, 0.717) is 61.5 Å². The number of nitro groups is 1. The molecular formula is C30H27ClN4O6S. The number of carbonyl (C=O) groups is 1. The zero-order chi connectivity index (χ0) is 30.1. The molecule has 0 spiro atoms. The number of ether oxygens (including phenoxy) is 1. The van der Waals surface area contributed by atoms with Crippen molar-refractivity contribution < 1.29 is 18.9 Å². The normalized spacial score (nSPS) is 14.9. The molecule has 0 saturated carbocycles. The number of non-ortho nitro benzene ring substituents is 1. The van der Waals surface area contributed by atoms with Crippen LogP contribution in [-0.2, 0) is 4.79 Å². The van der Waals surface area contributed by atoms with Gasteiger partial charge in [-0.1, -0.05) is 35.1 Å². The number of thiazole rings is 1. The van der Waals surface area contributed by atoms with Crippen LogP contribution < -0.4 is 19.6 Å². The Labute approximate surface area is 249 Å². The van der Waals surface area contributed by atoms with Crippen molar-refractivity contribution in [3.8, 4) is 17.1 Å². The van der Waals surface area contributed by atoms with Gasteiger partial charge in [0.15, 0.2) is 4.80 Å². The van der Waals surface area contributed by atoms with E-state index in [1.165, 1.54) is 41.2 Å². The summed E-state index contributed by atoms with van der Waals surface area (Å²) in [4.78, 5) is 45.3. The first-order valence-corrected chi connectivity index (χ1v) is 14.4. The van der Waals surface area contributed by atoms with Crippen LogP contribution in [0.4, 0.5) is 5.69 Å². The Morgan fingerprint density at radius 3 is 2.55 bits per heavy atom. The summed E-state index contributed by atoms with van der Waals surface area (Å²) in [5.74, 6) is 0.931. The van der Waals surface area contributed by atoms with E-state index in [9.17, 15) is 19.7 Å². The van der Waals surface area contributed by atoms with E-state index >= 15 is 0 Å². The van der Waals surface area contributed by atoms with Crippen LogP contribution in [0.2, 0.25) is 5.02 Å². The Morgan fingerprint density at radius 2 is 1.90 bits per heavy atom. The molecule has 216 valence electrons. The van der Waals surface area contributed by atoms with Crippen LogP contribution >= 0.6 is 22.9 Å². The number of methoxy groups -OCH3 is 1. The largest absolute Gasteiger partial charge is 0.496 e. The number of nitrogens with zero attached hydrogens (tertiary/aromatic N) is 4. The zero-order valence-corrected chi connectivity index (χ0v) is 24.9. The predicted octanol–water partition coefficient (Wildman–Crippen LogP) is 4.93. The molecule has 12 heteroatoms. The first-order valence-electron chi connectivity index (χ1n) is 13.2. The fourth-order valence-corrected chi connectivity index (χ4v) is 6.10. The van der Waals surface area contributed by atoms with Crippen LogP contribution in [0.5, 0.6) is 5.75 Å². The van der Waals surface area contributed by atoms with Crippen LogP contribution in [0.3, 0.4) is 0 Å². The van der Waals surface area contributed by atoms with E-state index in [2.05, 4.69) is 4.99 Å². The number of hydrogen-bond acceptors (Lipinski definition) is 8. The number of amides is 1. The van der Waals surface area contributed by atoms with Crippen LogP contribution in [0, 0.1) is 10.1 Å². The lowest BCUT2D eigenvalue weighted by molar-refractivity contribution is -0.384. The van der Waals surface area contributed by atoms with Gasteiger partial charge >= 0.3 is 0 Å². The highest BCUT2D eigenvalue weighted by atomic mass is 35.5. The molecule has 0 fully saturated rings. The fourth-order valence-electron chi connectivity index (χ4n) is 4.94. The highest BCUT2D eigenvalue weighted by molar-refractivity contribution is 7.07. The van der Waals surface area contributed by atoms with Crippen LogP contribution in [-0.4, -0.2) is 40.5 Å². The molecule has 10 nitrogen and oxygen atoms in total. The number of aromatic nitrogens is 1. The molecule has 0 bridgehead atoms. The minimum absolute atomic E-state index is 0.107. The topological polar surface area (TPSA) is 120 Å². The van der Waals surface area contributed by atoms with E-state index in [4.69, 9.17) is 20.8 Å². The number of allylic oxidation sites excluding steroid dienone is 1. The average molecular weight is 607 g/mol. The van der Waals surface area contributed by atoms with E-state index in [1.54, 1.807) is 42.2 Å². The van der Waals surface area contributed by atoms with E-state index in [0.717, 1.165) is 5.56 Å². The van der Waals surface area contributed by atoms with Gasteiger partial charge in [-0.25, -0.2) is 4.99 Å². The maximum Gasteiger partial charge on any atom is 0.271 e. The van der Waals surface area contributed by atoms with Gasteiger partial charge in [0.25, 0.3) is 17.2 Å². The van der Waals surface area contributed by atoms with Crippen LogP contribution in [0.15, 0.2) is 80.1 Å². The lowest BCUT2D eigenvalue weighted by Gasteiger charge is -2.29. The highest BCUT2D eigenvalue weighted by Gasteiger charge is 2.34. The molecule has 0 radical (unpaired) electrons. The number of hydrogen-bond donors (Lipinski definition) is 0. The van der Waals surface area contributed by atoms with Gasteiger partial charge in [-0.15, -0.1) is 0 Å². The molecule has 0 saturated heterocycles. The number of halogens is 1. The Hall–Kier alpha value is -4.48. The average Bonchev–Trinajstić information content (AvgIpc) is 3.57. The van der Waals surface area contributed by atoms with Gasteiger partial charge in [0.2, 0.25) is 0 Å². The van der Waals surface area contributed by atoms with Crippen molar-refractivity contribution >= 4 is 40.6 Å². The maximum absolute atomic E-state index is 13.9. The minimum atomic E-state index is -0.699. The molecule has 1 atom stereocenters. The third kappa shape index (κ3) is 5.28. The van der Waals surface area contributed by atoms with Crippen molar-refractivity contribution in [2.75, 3.05) is 20.2 Å². The molecule has 2 aromatic heterocycles. The molecule has 4 aromatic rings. The smallest absolute Gasteiger partial charge is 0.271 e. The van der Waals surface area contributed by atoms with E-state index < -0.39 is 11.0 Å². The predicted molar refractivity (Wildman–Crippen MR) is 160 cm³/mol. The van der Waals surface area contributed by atoms with Gasteiger partial charge in [-0.05, 0) is 56.7 Å². The molecule has 1 aliphatic rings. The number of rotatable bonds is 8. The van der Waals surface area contributed by atoms with Crippen molar-refractivity contribution in [1.29, 1.82) is 0 Å². The van der Waals surface area contributed by atoms with E-state index in [-0.39, 0.29) is 17.2 Å². The lowest BCUT2D eigenvalue weighted by Crippen LogP contribution is -2.43. The third-order valence-electron chi connectivity index (χ3n) is 7.05. The van der Waals surface area contributed by atoms with Crippen LogP contribution in [0.25, 0.3) is 17.4 Å². The summed E-state index contributed by atoms with van der Waals surface area (Å²) in [5, 5.41) is 11.9. The Bertz CT molecular complexity index is 1900. The van der Waals surface area contributed by atoms with Crippen molar-refractivity contribution in [3.05, 3.63) is 112 Å². The summed E-state index contributed by atoms with van der Waals surface area (Å²) in [7, 11) is 1.47. The summed E-state index contributed by atoms with van der Waals surface area (Å²) in [5.41, 5.74) is 1.67. The summed E-state index contributed by atoms with van der Waals surface area (Å²) >= 11 is 7.34.